The summed E-state index contributed by atoms with van der Waals surface area (Å²) in [6.45, 7) is 3.37. The molecule has 110 valence electrons. The van der Waals surface area contributed by atoms with E-state index >= 15 is 0 Å². The van der Waals surface area contributed by atoms with E-state index in [1.807, 2.05) is 51.4 Å². The number of likely N-dealkylation sites (N-methyl/N-ethyl adjacent to an activating group) is 2. The molecule has 0 spiro atoms. The molecule has 0 saturated carbocycles. The Labute approximate surface area is 125 Å². The lowest BCUT2D eigenvalue weighted by Crippen LogP contribution is -2.35. The third-order valence-corrected chi connectivity index (χ3v) is 3.32. The molecule has 20 heavy (non-hydrogen) atoms. The number of halogens is 1. The summed E-state index contributed by atoms with van der Waals surface area (Å²) in [5.41, 5.74) is 0.829. The number of hydrogen-bond acceptors (Lipinski definition) is 3. The molecule has 1 aromatic carbocycles. The van der Waals surface area contributed by atoms with E-state index in [1.54, 1.807) is 4.90 Å². The van der Waals surface area contributed by atoms with Gasteiger partial charge in [0.1, 0.15) is 11.3 Å². The van der Waals surface area contributed by atoms with E-state index in [-0.39, 0.29) is 24.2 Å². The van der Waals surface area contributed by atoms with Crippen LogP contribution < -0.4 is 5.32 Å². The highest BCUT2D eigenvalue weighted by molar-refractivity contribution is 5.85. The normalized spacial score (nSPS) is 11.9. The number of carbonyl (C=O) groups excluding carboxylic acids is 1. The van der Waals surface area contributed by atoms with Crippen molar-refractivity contribution in [3.8, 4) is 0 Å². The fourth-order valence-corrected chi connectivity index (χ4v) is 2.06. The molecular weight excluding hydrogens is 276 g/mol. The number of hydrogen-bond donors (Lipinski definition) is 1. The Kier molecular flexibility index (Phi) is 6.05. The average molecular weight is 297 g/mol. The molecule has 1 amide bonds. The van der Waals surface area contributed by atoms with Crippen LogP contribution in [0.5, 0.6) is 0 Å². The third-order valence-electron chi connectivity index (χ3n) is 3.32. The molecule has 0 bridgehead atoms. The molecular formula is C15H21ClN2O2. The van der Waals surface area contributed by atoms with Crippen molar-refractivity contribution < 1.29 is 9.21 Å². The smallest absolute Gasteiger partial charge is 0.232 e. The highest BCUT2D eigenvalue weighted by Gasteiger charge is 2.22. The molecule has 2 rings (SSSR count). The second-order valence-electron chi connectivity index (χ2n) is 4.77. The van der Waals surface area contributed by atoms with Gasteiger partial charge in [0.05, 0.1) is 5.92 Å². The van der Waals surface area contributed by atoms with Crippen molar-refractivity contribution in [1.82, 2.24) is 10.2 Å². The lowest BCUT2D eigenvalue weighted by atomic mass is 10.1. The maximum absolute atomic E-state index is 12.3. The van der Waals surface area contributed by atoms with E-state index in [1.165, 1.54) is 0 Å². The van der Waals surface area contributed by atoms with Gasteiger partial charge < -0.3 is 14.6 Å². The highest BCUT2D eigenvalue weighted by atomic mass is 35.5. The topological polar surface area (TPSA) is 45.5 Å². The highest BCUT2D eigenvalue weighted by Crippen LogP contribution is 2.25. The van der Waals surface area contributed by atoms with Gasteiger partial charge in [-0.1, -0.05) is 18.2 Å². The Morgan fingerprint density at radius 1 is 1.40 bits per heavy atom. The molecule has 2 aromatic rings. The summed E-state index contributed by atoms with van der Waals surface area (Å²) in [5.74, 6) is 0.547. The Balaban J connectivity index is 0.00000200. The Morgan fingerprint density at radius 2 is 2.10 bits per heavy atom. The predicted octanol–water partition coefficient (Wildman–Crippen LogP) is 2.64. The van der Waals surface area contributed by atoms with Gasteiger partial charge in [-0.25, -0.2) is 0 Å². The number of rotatable bonds is 5. The number of nitrogens with zero attached hydrogens (tertiary/aromatic N) is 1. The van der Waals surface area contributed by atoms with Gasteiger partial charge in [0.2, 0.25) is 5.91 Å². The quantitative estimate of drug-likeness (QED) is 0.922. The molecule has 0 radical (unpaired) electrons. The van der Waals surface area contributed by atoms with Crippen LogP contribution in [-0.2, 0) is 4.79 Å². The van der Waals surface area contributed by atoms with Crippen molar-refractivity contribution in [3.63, 3.8) is 0 Å². The first-order valence-corrected chi connectivity index (χ1v) is 6.51. The van der Waals surface area contributed by atoms with E-state index in [0.717, 1.165) is 23.3 Å². The molecule has 0 aliphatic carbocycles. The SMILES string of the molecule is CNCCN(C)C(=O)C(C)c1cc2ccccc2o1.Cl. The van der Waals surface area contributed by atoms with Crippen molar-refractivity contribution in [1.29, 1.82) is 0 Å². The van der Waals surface area contributed by atoms with Gasteiger partial charge in [-0.2, -0.15) is 0 Å². The van der Waals surface area contributed by atoms with Gasteiger partial charge in [-0.05, 0) is 26.1 Å². The van der Waals surface area contributed by atoms with Crippen LogP contribution in [0.1, 0.15) is 18.6 Å². The lowest BCUT2D eigenvalue weighted by molar-refractivity contribution is -0.131. The molecule has 0 saturated heterocycles. The van der Waals surface area contributed by atoms with Crippen LogP contribution in [0.15, 0.2) is 34.7 Å². The fraction of sp³-hybridized carbons (Fsp3) is 0.400. The van der Waals surface area contributed by atoms with Gasteiger partial charge >= 0.3 is 0 Å². The number of furan rings is 1. The summed E-state index contributed by atoms with van der Waals surface area (Å²) in [6.07, 6.45) is 0. The monoisotopic (exact) mass is 296 g/mol. The molecule has 0 fully saturated rings. The Bertz CT molecular complexity index is 535. The summed E-state index contributed by atoms with van der Waals surface area (Å²) in [4.78, 5) is 14.0. The van der Waals surface area contributed by atoms with Crippen LogP contribution in [-0.4, -0.2) is 38.0 Å². The van der Waals surface area contributed by atoms with Crippen molar-refractivity contribution in [3.05, 3.63) is 36.1 Å². The number of nitrogens with one attached hydrogen (secondary N) is 1. The molecule has 1 aromatic heterocycles. The fourth-order valence-electron chi connectivity index (χ4n) is 2.06. The molecule has 1 atom stereocenters. The van der Waals surface area contributed by atoms with Gasteiger partial charge in [0, 0.05) is 25.5 Å². The second-order valence-corrected chi connectivity index (χ2v) is 4.77. The first-order chi connectivity index (χ1) is 9.13. The van der Waals surface area contributed by atoms with Crippen LogP contribution >= 0.6 is 12.4 Å². The van der Waals surface area contributed by atoms with Crippen molar-refractivity contribution in [2.45, 2.75) is 12.8 Å². The predicted molar refractivity (Wildman–Crippen MR) is 83.4 cm³/mol. The van der Waals surface area contributed by atoms with Crippen LogP contribution in [0.25, 0.3) is 11.0 Å². The number of para-hydroxylation sites is 1. The second kappa shape index (κ2) is 7.31. The van der Waals surface area contributed by atoms with Gasteiger partial charge in [-0.3, -0.25) is 4.79 Å². The molecule has 1 N–H and O–H groups in total. The van der Waals surface area contributed by atoms with Crippen molar-refractivity contribution in [2.75, 3.05) is 27.2 Å². The maximum atomic E-state index is 12.3. The van der Waals surface area contributed by atoms with Gasteiger partial charge in [-0.15, -0.1) is 12.4 Å². The van der Waals surface area contributed by atoms with E-state index in [9.17, 15) is 4.79 Å². The molecule has 1 unspecified atom stereocenters. The Morgan fingerprint density at radius 3 is 2.75 bits per heavy atom. The third kappa shape index (κ3) is 3.52. The number of benzene rings is 1. The average Bonchev–Trinajstić information content (AvgIpc) is 2.86. The molecule has 0 aliphatic heterocycles. The van der Waals surface area contributed by atoms with Gasteiger partial charge in [0.25, 0.3) is 0 Å². The number of carbonyl (C=O) groups is 1. The van der Waals surface area contributed by atoms with Gasteiger partial charge in [0.15, 0.2) is 0 Å². The molecule has 5 heteroatoms. The zero-order chi connectivity index (χ0) is 13.8. The Hall–Kier alpha value is -1.52. The van der Waals surface area contributed by atoms with E-state index in [0.29, 0.717) is 6.54 Å². The van der Waals surface area contributed by atoms with Crippen LogP contribution in [0.4, 0.5) is 0 Å². The summed E-state index contributed by atoms with van der Waals surface area (Å²) < 4.78 is 5.74. The van der Waals surface area contributed by atoms with Crippen LogP contribution in [0, 0.1) is 0 Å². The minimum atomic E-state index is -0.255. The van der Waals surface area contributed by atoms with Crippen LogP contribution in [0.3, 0.4) is 0 Å². The minimum absolute atomic E-state index is 0. The number of fused-ring (bicyclic) bond motifs is 1. The first kappa shape index (κ1) is 16.5. The molecule has 1 heterocycles. The summed E-state index contributed by atoms with van der Waals surface area (Å²) >= 11 is 0. The zero-order valence-corrected chi connectivity index (χ0v) is 12.9. The summed E-state index contributed by atoms with van der Waals surface area (Å²) in [7, 11) is 3.69. The lowest BCUT2D eigenvalue weighted by Gasteiger charge is -2.20. The van der Waals surface area contributed by atoms with E-state index < -0.39 is 0 Å². The molecule has 4 nitrogen and oxygen atoms in total. The standard InChI is InChI=1S/C15H20N2O2.ClH/c1-11(15(18)17(3)9-8-16-2)14-10-12-6-4-5-7-13(12)19-14;/h4-7,10-11,16H,8-9H2,1-3H3;1H. The largest absolute Gasteiger partial charge is 0.460 e. The number of amides is 1. The first-order valence-electron chi connectivity index (χ1n) is 6.51. The maximum Gasteiger partial charge on any atom is 0.232 e. The summed E-state index contributed by atoms with van der Waals surface area (Å²) in [5, 5.41) is 4.07. The van der Waals surface area contributed by atoms with E-state index in [2.05, 4.69) is 5.32 Å². The van der Waals surface area contributed by atoms with Crippen LogP contribution in [0.2, 0.25) is 0 Å². The zero-order valence-electron chi connectivity index (χ0n) is 12.1. The minimum Gasteiger partial charge on any atom is -0.460 e. The summed E-state index contributed by atoms with van der Waals surface area (Å²) in [6, 6.07) is 9.75. The van der Waals surface area contributed by atoms with E-state index in [4.69, 9.17) is 4.42 Å². The van der Waals surface area contributed by atoms with Crippen molar-refractivity contribution >= 4 is 29.3 Å². The molecule has 0 aliphatic rings. The van der Waals surface area contributed by atoms with Crippen molar-refractivity contribution in [2.24, 2.45) is 0 Å².